The van der Waals surface area contributed by atoms with Crippen LogP contribution in [0.5, 0.6) is 0 Å². The number of hydrogen-bond acceptors (Lipinski definition) is 41. The van der Waals surface area contributed by atoms with Gasteiger partial charge in [0.2, 0.25) is 0 Å². The van der Waals surface area contributed by atoms with E-state index < -0.39 is 0 Å². The highest BCUT2D eigenvalue weighted by Crippen LogP contribution is 1.80. The van der Waals surface area contributed by atoms with Gasteiger partial charge in [0.25, 0.3) is 0 Å². The molecule has 0 radical (unpaired) electrons. The Kier molecular flexibility index (Phi) is 225. The Hall–Kier alpha value is -10.6. The predicted molar refractivity (Wildman–Crippen MR) is 459 cm³/mol. The summed E-state index contributed by atoms with van der Waals surface area (Å²) in [5.41, 5.74) is 0. The van der Waals surface area contributed by atoms with Gasteiger partial charge >= 0.3 is 119 Å². The summed E-state index contributed by atoms with van der Waals surface area (Å²) in [4.78, 5) is 196. The second-order valence-electron chi connectivity index (χ2n) is 18.8. The monoisotopic (exact) mass is 1810 g/mol. The van der Waals surface area contributed by atoms with Crippen LogP contribution in [0.3, 0.4) is 0 Å². The smallest absolute Gasteiger partial charge is 0.302 e. The maximum atomic E-state index is 9.82. The Bertz CT molecular complexity index is 1700. The highest BCUT2D eigenvalue weighted by molar-refractivity contribution is 5.71. The van der Waals surface area contributed by atoms with E-state index in [1.807, 2.05) is 0 Å². The zero-order chi connectivity index (χ0) is 103. The van der Waals surface area contributed by atoms with Crippen molar-refractivity contribution < 1.29 is 196 Å². The SMILES string of the molecule is CCO.CCOC(C)=O.CCOC(C)=O.CCOC(C)=O.CCOC(C)=O.CCOC(C)=O.CCOC(C)=O.CCOC(C)=O.CCOC(C)=O.CCOC(C)=O.CCOC(C)=O.CCOC(C)=O.CCOC(C)=O.CCOC(C)=O.CCOC(C)=O.CCOC(C)=O.CCOC(C)=O.CCOC(C)=O.CCOC(C)=O.CCOC(C)=O.CCOC(C)=O. The molecule has 0 aliphatic rings. The van der Waals surface area contributed by atoms with Crippen molar-refractivity contribution in [2.45, 2.75) is 284 Å². The first-order valence-corrected chi connectivity index (χ1v) is 39.1. The van der Waals surface area contributed by atoms with Gasteiger partial charge in [-0.15, -0.1) is 0 Å². The summed E-state index contributed by atoms with van der Waals surface area (Å²) in [6, 6.07) is 0. The van der Waals surface area contributed by atoms with Crippen LogP contribution in [-0.4, -0.2) is 263 Å². The van der Waals surface area contributed by atoms with E-state index in [0.717, 1.165) is 0 Å². The molecule has 740 valence electrons. The topological polar surface area (TPSA) is 546 Å². The van der Waals surface area contributed by atoms with Gasteiger partial charge in [0, 0.05) is 145 Å². The van der Waals surface area contributed by atoms with E-state index >= 15 is 0 Å². The minimum Gasteiger partial charge on any atom is -0.466 e. The Labute approximate surface area is 735 Å². The van der Waals surface area contributed by atoms with Crippen LogP contribution >= 0.6 is 0 Å². The number of carbonyl (C=O) groups excluding carboxylic acids is 20. The molecule has 0 saturated heterocycles. The average Bonchev–Trinajstić information content (AvgIpc) is 3.60. The summed E-state index contributed by atoms with van der Waals surface area (Å²) < 4.78 is 88.1. The van der Waals surface area contributed by atoms with Crippen molar-refractivity contribution >= 4 is 119 Å². The lowest BCUT2D eigenvalue weighted by atomic mass is 10.8. The first kappa shape index (κ1) is 167. The van der Waals surface area contributed by atoms with Crippen LogP contribution in [0.25, 0.3) is 0 Å². The van der Waals surface area contributed by atoms with Crippen molar-refractivity contribution in [3.05, 3.63) is 0 Å². The van der Waals surface area contributed by atoms with Crippen molar-refractivity contribution in [1.29, 1.82) is 0 Å². The van der Waals surface area contributed by atoms with Crippen molar-refractivity contribution in [1.82, 2.24) is 0 Å². The van der Waals surface area contributed by atoms with E-state index in [0.29, 0.717) is 132 Å². The average molecular weight is 1810 g/mol. The normalized spacial score (nSPS) is 7.63. The van der Waals surface area contributed by atoms with E-state index in [1.54, 1.807) is 145 Å². The molecule has 0 amide bonds. The van der Waals surface area contributed by atoms with E-state index in [1.165, 1.54) is 138 Å². The third kappa shape index (κ3) is 547. The fraction of sp³-hybridized carbons (Fsp3) is 0.756. The van der Waals surface area contributed by atoms with E-state index in [4.69, 9.17) is 5.11 Å². The van der Waals surface area contributed by atoms with Gasteiger partial charge in [-0.05, 0) is 145 Å². The Morgan fingerprint density at radius 1 is 0.114 bits per heavy atom. The molecule has 0 aromatic rings. The van der Waals surface area contributed by atoms with E-state index in [-0.39, 0.29) is 126 Å². The standard InChI is InChI=1S/20C4H8O2.C2H6O/c20*1-3-6-4(2)5;1-2-3/h20*3H2,1-2H3;3H,2H2,1H3. The molecule has 0 spiro atoms. The number of aliphatic hydroxyl groups is 1. The number of esters is 20. The fourth-order valence-corrected chi connectivity index (χ4v) is 4.07. The summed E-state index contributed by atoms with van der Waals surface area (Å²) >= 11 is 0. The van der Waals surface area contributed by atoms with Crippen molar-refractivity contribution in [2.75, 3.05) is 139 Å². The highest BCUT2D eigenvalue weighted by atomic mass is 16.6. The predicted octanol–water partition coefficient (Wildman–Crippen LogP) is 11.4. The summed E-state index contributed by atoms with van der Waals surface area (Å²) in [5, 5.41) is 7.57. The third-order valence-electron chi connectivity index (χ3n) is 6.95. The molecule has 41 heteroatoms. The molecular formula is C82H166O41. The van der Waals surface area contributed by atoms with E-state index in [9.17, 15) is 95.9 Å². The molecule has 0 saturated carbocycles. The molecule has 0 aromatic heterocycles. The van der Waals surface area contributed by atoms with Gasteiger partial charge in [0.15, 0.2) is 0 Å². The molecule has 0 aliphatic heterocycles. The molecule has 0 rings (SSSR count). The molecule has 0 heterocycles. The molecule has 41 nitrogen and oxygen atoms in total. The highest BCUT2D eigenvalue weighted by Gasteiger charge is 1.91. The quantitative estimate of drug-likeness (QED) is 0.0873. The van der Waals surface area contributed by atoms with Gasteiger partial charge in [-0.25, -0.2) is 0 Å². The summed E-state index contributed by atoms with van der Waals surface area (Å²) in [5.74, 6) is -4.21. The fourth-order valence-electron chi connectivity index (χ4n) is 4.07. The van der Waals surface area contributed by atoms with Crippen LogP contribution in [0.15, 0.2) is 0 Å². The molecule has 123 heavy (non-hydrogen) atoms. The Balaban J connectivity index is -0.0000000468. The first-order chi connectivity index (χ1) is 56.8. The van der Waals surface area contributed by atoms with Crippen molar-refractivity contribution in [3.63, 3.8) is 0 Å². The third-order valence-corrected chi connectivity index (χ3v) is 6.95. The number of ether oxygens (including phenoxy) is 20. The van der Waals surface area contributed by atoms with Gasteiger partial charge in [-0.2, -0.15) is 0 Å². The Morgan fingerprint density at radius 3 is 0.138 bits per heavy atom. The molecule has 1 N–H and O–H groups in total. The largest absolute Gasteiger partial charge is 0.466 e. The van der Waals surface area contributed by atoms with Gasteiger partial charge in [0.05, 0.1) is 132 Å². The first-order valence-electron chi connectivity index (χ1n) is 39.1. The van der Waals surface area contributed by atoms with Crippen molar-refractivity contribution in [3.8, 4) is 0 Å². The van der Waals surface area contributed by atoms with E-state index in [2.05, 4.69) is 94.7 Å². The molecule has 0 aromatic carbocycles. The lowest BCUT2D eigenvalue weighted by molar-refractivity contribution is -0.141. The van der Waals surface area contributed by atoms with Crippen LogP contribution in [0.4, 0.5) is 0 Å². The maximum absolute atomic E-state index is 9.82. The minimum absolute atomic E-state index is 0.211. The number of aliphatic hydroxyl groups excluding tert-OH is 1. The zero-order valence-corrected chi connectivity index (χ0v) is 82.6. The van der Waals surface area contributed by atoms with Crippen LogP contribution in [0.2, 0.25) is 0 Å². The number of carbonyl (C=O) groups is 20. The molecule has 0 atom stereocenters. The molecule has 0 unspecified atom stereocenters. The maximum Gasteiger partial charge on any atom is 0.302 e. The van der Waals surface area contributed by atoms with Crippen LogP contribution in [0, 0.1) is 0 Å². The lowest BCUT2D eigenvalue weighted by Gasteiger charge is -1.89. The Morgan fingerprint density at radius 2 is 0.138 bits per heavy atom. The van der Waals surface area contributed by atoms with Gasteiger partial charge in [0.1, 0.15) is 0 Å². The van der Waals surface area contributed by atoms with Gasteiger partial charge in [-0.3, -0.25) is 95.9 Å². The summed E-state index contributed by atoms with van der Waals surface area (Å²) in [6.07, 6.45) is 0. The lowest BCUT2D eigenvalue weighted by Crippen LogP contribution is -1.95. The van der Waals surface area contributed by atoms with Gasteiger partial charge < -0.3 is 99.8 Å². The molecule has 0 bridgehead atoms. The summed E-state index contributed by atoms with van der Waals surface area (Å²) in [7, 11) is 0. The van der Waals surface area contributed by atoms with Crippen LogP contribution in [-0.2, 0) is 191 Å². The molecule has 0 fully saturated rings. The van der Waals surface area contributed by atoms with Gasteiger partial charge in [-0.1, -0.05) is 0 Å². The second kappa shape index (κ2) is 166. The minimum atomic E-state index is -0.211. The molecule has 0 aliphatic carbocycles. The van der Waals surface area contributed by atoms with Crippen LogP contribution in [0.1, 0.15) is 284 Å². The number of hydrogen-bond donors (Lipinski definition) is 1. The van der Waals surface area contributed by atoms with Crippen molar-refractivity contribution in [2.24, 2.45) is 0 Å². The number of rotatable bonds is 20. The molecular weight excluding hydrogens is 1640 g/mol. The van der Waals surface area contributed by atoms with Crippen LogP contribution < -0.4 is 0 Å². The second-order valence-corrected chi connectivity index (χ2v) is 18.8. The summed E-state index contributed by atoms with van der Waals surface area (Å²) in [6.45, 7) is 75.0. The zero-order valence-electron chi connectivity index (χ0n) is 82.6.